The van der Waals surface area contributed by atoms with Crippen LogP contribution in [0.4, 0.5) is 0 Å². The summed E-state index contributed by atoms with van der Waals surface area (Å²) in [5.74, 6) is -0.398. The first kappa shape index (κ1) is 14.7. The number of carbonyl (C=O) groups excluding carboxylic acids is 2. The van der Waals surface area contributed by atoms with Crippen molar-refractivity contribution in [2.75, 3.05) is 13.1 Å². The zero-order valence-electron chi connectivity index (χ0n) is 10.1. The predicted octanol–water partition coefficient (Wildman–Crippen LogP) is 0.642. The van der Waals surface area contributed by atoms with Gasteiger partial charge in [-0.2, -0.15) is 0 Å². The van der Waals surface area contributed by atoms with E-state index >= 15 is 0 Å². The molecule has 0 aliphatic rings. The highest BCUT2D eigenvalue weighted by Crippen LogP contribution is 2.10. The fourth-order valence-corrected chi connectivity index (χ4v) is 1.49. The number of nitrogens with two attached hydrogens (primary N) is 1. The topological polar surface area (TPSA) is 84.2 Å². The van der Waals surface area contributed by atoms with Crippen molar-refractivity contribution in [3.63, 3.8) is 0 Å². The molecule has 2 amide bonds. The number of rotatable bonds is 5. The lowest BCUT2D eigenvalue weighted by molar-refractivity contribution is -0.121. The van der Waals surface area contributed by atoms with Crippen LogP contribution in [0.5, 0.6) is 0 Å². The number of carbonyl (C=O) groups is 2. The third kappa shape index (κ3) is 4.85. The van der Waals surface area contributed by atoms with E-state index in [2.05, 4.69) is 26.6 Å². The molecule has 0 bridgehead atoms. The Morgan fingerprint density at radius 1 is 1.22 bits per heavy atom. The van der Waals surface area contributed by atoms with E-state index in [0.717, 1.165) is 4.47 Å². The molecule has 0 aromatic heterocycles. The summed E-state index contributed by atoms with van der Waals surface area (Å²) in [5, 5.41) is 5.31. The monoisotopic (exact) mass is 313 g/mol. The van der Waals surface area contributed by atoms with Gasteiger partial charge in [0.15, 0.2) is 0 Å². The number of hydrogen-bond acceptors (Lipinski definition) is 3. The molecule has 1 aromatic rings. The van der Waals surface area contributed by atoms with Crippen molar-refractivity contribution < 1.29 is 9.59 Å². The van der Waals surface area contributed by atoms with E-state index in [9.17, 15) is 9.59 Å². The Morgan fingerprint density at radius 3 is 2.33 bits per heavy atom. The van der Waals surface area contributed by atoms with Gasteiger partial charge in [0.25, 0.3) is 5.91 Å². The third-order valence-corrected chi connectivity index (χ3v) is 2.76. The molecular weight excluding hydrogens is 298 g/mol. The van der Waals surface area contributed by atoms with Gasteiger partial charge < -0.3 is 16.4 Å². The van der Waals surface area contributed by atoms with E-state index in [1.807, 2.05) is 0 Å². The second kappa shape index (κ2) is 7.13. The van der Waals surface area contributed by atoms with Crippen LogP contribution in [0.2, 0.25) is 0 Å². The molecule has 0 heterocycles. The molecule has 0 radical (unpaired) electrons. The van der Waals surface area contributed by atoms with Gasteiger partial charge in [-0.3, -0.25) is 9.59 Å². The van der Waals surface area contributed by atoms with Gasteiger partial charge in [0.2, 0.25) is 5.91 Å². The molecule has 6 heteroatoms. The maximum Gasteiger partial charge on any atom is 0.251 e. The lowest BCUT2D eigenvalue weighted by Crippen LogP contribution is -2.42. The molecule has 0 aliphatic carbocycles. The van der Waals surface area contributed by atoms with Crippen molar-refractivity contribution in [2.24, 2.45) is 5.73 Å². The summed E-state index contributed by atoms with van der Waals surface area (Å²) in [6.45, 7) is 2.34. The average Bonchev–Trinajstić information content (AvgIpc) is 2.34. The maximum atomic E-state index is 11.7. The summed E-state index contributed by atoms with van der Waals surface area (Å²) in [6, 6.07) is 6.51. The molecule has 4 N–H and O–H groups in total. The Morgan fingerprint density at radius 2 is 1.78 bits per heavy atom. The van der Waals surface area contributed by atoms with Crippen LogP contribution in [0.15, 0.2) is 28.7 Å². The second-order valence-corrected chi connectivity index (χ2v) is 4.76. The Bertz CT molecular complexity index is 418. The largest absolute Gasteiger partial charge is 0.353 e. The molecule has 1 rings (SSSR count). The summed E-state index contributed by atoms with van der Waals surface area (Å²) < 4.78 is 0.920. The molecule has 1 atom stereocenters. The van der Waals surface area contributed by atoms with Crippen LogP contribution in [0, 0.1) is 0 Å². The van der Waals surface area contributed by atoms with Crippen molar-refractivity contribution in [3.05, 3.63) is 34.3 Å². The van der Waals surface area contributed by atoms with E-state index in [-0.39, 0.29) is 11.8 Å². The van der Waals surface area contributed by atoms with Crippen molar-refractivity contribution in [2.45, 2.75) is 13.0 Å². The summed E-state index contributed by atoms with van der Waals surface area (Å²) in [5.41, 5.74) is 5.96. The molecule has 1 aromatic carbocycles. The molecule has 98 valence electrons. The quantitative estimate of drug-likeness (QED) is 0.698. The van der Waals surface area contributed by atoms with Crippen molar-refractivity contribution in [3.8, 4) is 0 Å². The molecule has 18 heavy (non-hydrogen) atoms. The molecule has 0 saturated heterocycles. The summed E-state index contributed by atoms with van der Waals surface area (Å²) in [6.07, 6.45) is 0. The Balaban J connectivity index is 2.29. The van der Waals surface area contributed by atoms with Gasteiger partial charge in [0.05, 0.1) is 6.04 Å². The Labute approximate surface area is 114 Å². The summed E-state index contributed by atoms with van der Waals surface area (Å²) in [7, 11) is 0. The highest BCUT2D eigenvalue weighted by atomic mass is 79.9. The zero-order valence-corrected chi connectivity index (χ0v) is 11.7. The number of amides is 2. The van der Waals surface area contributed by atoms with Crippen LogP contribution in [-0.2, 0) is 4.79 Å². The summed E-state index contributed by atoms with van der Waals surface area (Å²) in [4.78, 5) is 22.8. The minimum atomic E-state index is -0.535. The molecule has 0 spiro atoms. The summed E-state index contributed by atoms with van der Waals surface area (Å²) >= 11 is 3.30. The highest BCUT2D eigenvalue weighted by Gasteiger charge is 2.07. The fraction of sp³-hybridized carbons (Fsp3) is 0.333. The van der Waals surface area contributed by atoms with Crippen LogP contribution in [0.25, 0.3) is 0 Å². The van der Waals surface area contributed by atoms with Crippen LogP contribution >= 0.6 is 15.9 Å². The van der Waals surface area contributed by atoms with E-state index in [0.29, 0.717) is 18.7 Å². The number of nitrogens with one attached hydrogen (secondary N) is 2. The second-order valence-electron chi connectivity index (χ2n) is 3.84. The molecular formula is C12H16BrN3O2. The lowest BCUT2D eigenvalue weighted by Gasteiger charge is -2.08. The standard InChI is InChI=1S/C12H16BrN3O2/c1-8(14)11(17)15-6-7-16-12(18)9-2-4-10(13)5-3-9/h2-5,8H,6-7,14H2,1H3,(H,15,17)(H,16,18)/t8-/m0/s1. The van der Waals surface area contributed by atoms with Gasteiger partial charge in [0.1, 0.15) is 0 Å². The first-order valence-electron chi connectivity index (χ1n) is 5.58. The number of benzene rings is 1. The van der Waals surface area contributed by atoms with Crippen molar-refractivity contribution in [1.29, 1.82) is 0 Å². The van der Waals surface area contributed by atoms with Gasteiger partial charge >= 0.3 is 0 Å². The predicted molar refractivity (Wildman–Crippen MR) is 73.1 cm³/mol. The van der Waals surface area contributed by atoms with Gasteiger partial charge in [-0.15, -0.1) is 0 Å². The average molecular weight is 314 g/mol. The number of halogens is 1. The van der Waals surface area contributed by atoms with Gasteiger partial charge in [-0.1, -0.05) is 15.9 Å². The maximum absolute atomic E-state index is 11.7. The number of hydrogen-bond donors (Lipinski definition) is 3. The van der Waals surface area contributed by atoms with Crippen LogP contribution < -0.4 is 16.4 Å². The Hall–Kier alpha value is -1.40. The van der Waals surface area contributed by atoms with Gasteiger partial charge in [-0.25, -0.2) is 0 Å². The van der Waals surface area contributed by atoms with E-state index in [1.54, 1.807) is 31.2 Å². The van der Waals surface area contributed by atoms with Crippen molar-refractivity contribution >= 4 is 27.7 Å². The minimum Gasteiger partial charge on any atom is -0.353 e. The minimum absolute atomic E-state index is 0.169. The fourth-order valence-electron chi connectivity index (χ4n) is 1.23. The first-order chi connectivity index (χ1) is 8.50. The Kier molecular flexibility index (Phi) is 5.80. The zero-order chi connectivity index (χ0) is 13.5. The van der Waals surface area contributed by atoms with Crippen molar-refractivity contribution in [1.82, 2.24) is 10.6 Å². The SMILES string of the molecule is C[C@H](N)C(=O)NCCNC(=O)c1ccc(Br)cc1. The third-order valence-electron chi connectivity index (χ3n) is 2.23. The lowest BCUT2D eigenvalue weighted by atomic mass is 10.2. The van der Waals surface area contributed by atoms with E-state index in [1.165, 1.54) is 0 Å². The van der Waals surface area contributed by atoms with Crippen LogP contribution in [-0.4, -0.2) is 30.9 Å². The molecule has 5 nitrogen and oxygen atoms in total. The first-order valence-corrected chi connectivity index (χ1v) is 6.37. The molecule has 0 saturated carbocycles. The van der Waals surface area contributed by atoms with Crippen LogP contribution in [0.3, 0.4) is 0 Å². The normalized spacial score (nSPS) is 11.7. The molecule has 0 unspecified atom stereocenters. The van der Waals surface area contributed by atoms with Gasteiger partial charge in [0, 0.05) is 23.1 Å². The van der Waals surface area contributed by atoms with Gasteiger partial charge in [-0.05, 0) is 31.2 Å². The van der Waals surface area contributed by atoms with E-state index in [4.69, 9.17) is 5.73 Å². The molecule has 0 aliphatic heterocycles. The molecule has 0 fully saturated rings. The van der Waals surface area contributed by atoms with E-state index < -0.39 is 6.04 Å². The smallest absolute Gasteiger partial charge is 0.251 e. The highest BCUT2D eigenvalue weighted by molar-refractivity contribution is 9.10. The van der Waals surface area contributed by atoms with Crippen LogP contribution in [0.1, 0.15) is 17.3 Å².